The summed E-state index contributed by atoms with van der Waals surface area (Å²) < 4.78 is 0. The maximum atomic E-state index is 13.4. The summed E-state index contributed by atoms with van der Waals surface area (Å²) >= 11 is 6.08. The Hall–Kier alpha value is -2.04. The van der Waals surface area contributed by atoms with Crippen LogP contribution in [-0.4, -0.2) is 44.0 Å². The van der Waals surface area contributed by atoms with Crippen LogP contribution in [-0.2, 0) is 16.8 Å². The van der Waals surface area contributed by atoms with Gasteiger partial charge < -0.3 is 15.1 Å². The zero-order chi connectivity index (χ0) is 20.3. The Bertz CT molecular complexity index is 837. The SMILES string of the molecule is CN1CCN(c2ccccc2CNC(=O)C2(c3ccc(Cl)cc3)CCCC2)CC1. The van der Waals surface area contributed by atoms with E-state index in [-0.39, 0.29) is 5.91 Å². The molecule has 1 aliphatic carbocycles. The average Bonchev–Trinajstić information content (AvgIpc) is 3.25. The first-order chi connectivity index (χ1) is 14.1. The molecular weight excluding hydrogens is 382 g/mol. The van der Waals surface area contributed by atoms with Gasteiger partial charge in [0.1, 0.15) is 0 Å². The summed E-state index contributed by atoms with van der Waals surface area (Å²) in [5.41, 5.74) is 3.10. The number of para-hydroxylation sites is 1. The first-order valence-corrected chi connectivity index (χ1v) is 11.0. The van der Waals surface area contributed by atoms with Crippen molar-refractivity contribution >= 4 is 23.2 Å². The van der Waals surface area contributed by atoms with E-state index in [2.05, 4.69) is 46.4 Å². The summed E-state index contributed by atoms with van der Waals surface area (Å²) in [7, 11) is 2.17. The van der Waals surface area contributed by atoms with Gasteiger partial charge in [-0.2, -0.15) is 0 Å². The number of anilines is 1. The molecule has 154 valence electrons. The van der Waals surface area contributed by atoms with Crippen LogP contribution in [0.1, 0.15) is 36.8 Å². The molecule has 0 radical (unpaired) electrons. The highest BCUT2D eigenvalue weighted by atomic mass is 35.5. The van der Waals surface area contributed by atoms with Gasteiger partial charge in [0.05, 0.1) is 5.41 Å². The number of carbonyl (C=O) groups is 1. The molecule has 2 aromatic rings. The normalized spacial score (nSPS) is 19.3. The van der Waals surface area contributed by atoms with E-state index < -0.39 is 5.41 Å². The maximum Gasteiger partial charge on any atom is 0.230 e. The quantitative estimate of drug-likeness (QED) is 0.800. The van der Waals surface area contributed by atoms with Gasteiger partial charge >= 0.3 is 0 Å². The number of likely N-dealkylation sites (N-methyl/N-ethyl adjacent to an activating group) is 1. The average molecular weight is 412 g/mol. The highest BCUT2D eigenvalue weighted by Gasteiger charge is 2.42. The molecule has 1 saturated heterocycles. The fourth-order valence-corrected chi connectivity index (χ4v) is 4.88. The molecule has 2 fully saturated rings. The van der Waals surface area contributed by atoms with E-state index in [4.69, 9.17) is 11.6 Å². The molecule has 1 heterocycles. The van der Waals surface area contributed by atoms with E-state index in [1.165, 1.54) is 11.3 Å². The summed E-state index contributed by atoms with van der Waals surface area (Å²) in [6.07, 6.45) is 3.99. The van der Waals surface area contributed by atoms with Gasteiger partial charge in [-0.1, -0.05) is 54.8 Å². The predicted molar refractivity (Wildman–Crippen MR) is 120 cm³/mol. The number of halogens is 1. The van der Waals surface area contributed by atoms with Crippen molar-refractivity contribution in [2.75, 3.05) is 38.1 Å². The van der Waals surface area contributed by atoms with Crippen LogP contribution in [0.5, 0.6) is 0 Å². The van der Waals surface area contributed by atoms with Gasteiger partial charge in [0.25, 0.3) is 0 Å². The number of hydrogen-bond donors (Lipinski definition) is 1. The van der Waals surface area contributed by atoms with Crippen molar-refractivity contribution in [3.8, 4) is 0 Å². The standard InChI is InChI=1S/C24H30ClN3O/c1-27-14-16-28(17-15-27)22-7-3-2-6-19(22)18-26-23(29)24(12-4-5-13-24)20-8-10-21(25)11-9-20/h2-3,6-11H,4-5,12-18H2,1H3,(H,26,29). The number of carbonyl (C=O) groups excluding carboxylic acids is 1. The minimum Gasteiger partial charge on any atom is -0.369 e. The van der Waals surface area contributed by atoms with Gasteiger partial charge in [-0.25, -0.2) is 0 Å². The van der Waals surface area contributed by atoms with E-state index in [0.29, 0.717) is 11.6 Å². The monoisotopic (exact) mass is 411 g/mol. The molecular formula is C24H30ClN3O. The number of rotatable bonds is 5. The van der Waals surface area contributed by atoms with Crippen molar-refractivity contribution in [3.05, 3.63) is 64.7 Å². The van der Waals surface area contributed by atoms with Crippen molar-refractivity contribution in [2.45, 2.75) is 37.6 Å². The number of benzene rings is 2. The third kappa shape index (κ3) is 4.29. The molecule has 5 heteroatoms. The lowest BCUT2D eigenvalue weighted by Gasteiger charge is -2.35. The van der Waals surface area contributed by atoms with Crippen molar-refractivity contribution in [3.63, 3.8) is 0 Å². The Morgan fingerprint density at radius 3 is 2.34 bits per heavy atom. The third-order valence-corrected chi connectivity index (χ3v) is 6.82. The summed E-state index contributed by atoms with van der Waals surface area (Å²) in [6, 6.07) is 16.3. The Kier molecular flexibility index (Phi) is 6.12. The van der Waals surface area contributed by atoms with Crippen molar-refractivity contribution < 1.29 is 4.79 Å². The lowest BCUT2D eigenvalue weighted by atomic mass is 9.78. The Labute approximate surface area is 178 Å². The summed E-state index contributed by atoms with van der Waals surface area (Å²) in [5.74, 6) is 0.144. The molecule has 0 atom stereocenters. The first-order valence-electron chi connectivity index (χ1n) is 10.6. The number of nitrogens with zero attached hydrogens (tertiary/aromatic N) is 2. The van der Waals surface area contributed by atoms with E-state index in [1.807, 2.05) is 24.3 Å². The van der Waals surface area contributed by atoms with E-state index in [0.717, 1.165) is 57.4 Å². The second-order valence-corrected chi connectivity index (χ2v) is 8.83. The van der Waals surface area contributed by atoms with Gasteiger partial charge in [-0.3, -0.25) is 4.79 Å². The zero-order valence-corrected chi connectivity index (χ0v) is 17.9. The molecule has 1 amide bonds. The number of hydrogen-bond acceptors (Lipinski definition) is 3. The lowest BCUT2D eigenvalue weighted by molar-refractivity contribution is -0.126. The fraction of sp³-hybridized carbons (Fsp3) is 0.458. The molecule has 2 aromatic carbocycles. The number of nitrogens with one attached hydrogen (secondary N) is 1. The number of amides is 1. The minimum atomic E-state index is -0.423. The van der Waals surface area contributed by atoms with Crippen LogP contribution in [0.25, 0.3) is 0 Å². The van der Waals surface area contributed by atoms with E-state index >= 15 is 0 Å². The van der Waals surface area contributed by atoms with Gasteiger partial charge in [-0.05, 0) is 49.2 Å². The van der Waals surface area contributed by atoms with Gasteiger partial charge in [0.15, 0.2) is 0 Å². The largest absolute Gasteiger partial charge is 0.369 e. The Morgan fingerprint density at radius 1 is 1.00 bits per heavy atom. The molecule has 2 aliphatic rings. The Balaban J connectivity index is 1.50. The molecule has 0 aromatic heterocycles. The molecule has 0 bridgehead atoms. The molecule has 0 spiro atoms. The molecule has 29 heavy (non-hydrogen) atoms. The first kappa shape index (κ1) is 20.2. The maximum absolute atomic E-state index is 13.4. The minimum absolute atomic E-state index is 0.144. The molecule has 1 aliphatic heterocycles. The van der Waals surface area contributed by atoms with E-state index in [9.17, 15) is 4.79 Å². The van der Waals surface area contributed by atoms with Crippen LogP contribution in [0.3, 0.4) is 0 Å². The van der Waals surface area contributed by atoms with Crippen molar-refractivity contribution in [2.24, 2.45) is 0 Å². The van der Waals surface area contributed by atoms with Gasteiger partial charge in [0.2, 0.25) is 5.91 Å². The van der Waals surface area contributed by atoms with E-state index in [1.54, 1.807) is 0 Å². The van der Waals surface area contributed by atoms with Crippen molar-refractivity contribution in [1.82, 2.24) is 10.2 Å². The molecule has 4 rings (SSSR count). The fourth-order valence-electron chi connectivity index (χ4n) is 4.76. The van der Waals surface area contributed by atoms with Crippen LogP contribution in [0.2, 0.25) is 5.02 Å². The smallest absolute Gasteiger partial charge is 0.230 e. The third-order valence-electron chi connectivity index (χ3n) is 6.56. The highest BCUT2D eigenvalue weighted by molar-refractivity contribution is 6.30. The summed E-state index contributed by atoms with van der Waals surface area (Å²) in [4.78, 5) is 18.2. The summed E-state index contributed by atoms with van der Waals surface area (Å²) in [5, 5.41) is 3.99. The van der Waals surface area contributed by atoms with Crippen LogP contribution >= 0.6 is 11.6 Å². The molecule has 0 unspecified atom stereocenters. The van der Waals surface area contributed by atoms with Crippen molar-refractivity contribution in [1.29, 1.82) is 0 Å². The van der Waals surface area contributed by atoms with Crippen LogP contribution in [0.15, 0.2) is 48.5 Å². The van der Waals surface area contributed by atoms with Crippen LogP contribution in [0.4, 0.5) is 5.69 Å². The number of piperazine rings is 1. The van der Waals surface area contributed by atoms with Crippen LogP contribution < -0.4 is 10.2 Å². The van der Waals surface area contributed by atoms with Gasteiger partial charge in [-0.15, -0.1) is 0 Å². The van der Waals surface area contributed by atoms with Crippen LogP contribution in [0, 0.1) is 0 Å². The highest BCUT2D eigenvalue weighted by Crippen LogP contribution is 2.41. The van der Waals surface area contributed by atoms with Gasteiger partial charge in [0, 0.05) is 43.4 Å². The summed E-state index contributed by atoms with van der Waals surface area (Å²) in [6.45, 7) is 4.75. The topological polar surface area (TPSA) is 35.6 Å². The lowest BCUT2D eigenvalue weighted by Crippen LogP contribution is -2.45. The predicted octanol–water partition coefficient (Wildman–Crippen LogP) is 4.22. The second kappa shape index (κ2) is 8.76. The molecule has 1 saturated carbocycles. The Morgan fingerprint density at radius 2 is 1.66 bits per heavy atom. The second-order valence-electron chi connectivity index (χ2n) is 8.40. The molecule has 1 N–H and O–H groups in total. The zero-order valence-electron chi connectivity index (χ0n) is 17.2. The molecule has 4 nitrogen and oxygen atoms in total.